The predicted molar refractivity (Wildman–Crippen MR) is 146 cm³/mol. The molecule has 40 heavy (non-hydrogen) atoms. The number of aromatic nitrogens is 3. The van der Waals surface area contributed by atoms with Crippen LogP contribution in [0.1, 0.15) is 69.2 Å². The van der Waals surface area contributed by atoms with E-state index >= 15 is 0 Å². The van der Waals surface area contributed by atoms with Crippen molar-refractivity contribution in [3.8, 4) is 0 Å². The van der Waals surface area contributed by atoms with Gasteiger partial charge in [-0.2, -0.15) is 9.97 Å². The van der Waals surface area contributed by atoms with E-state index in [-0.39, 0.29) is 42.4 Å². The van der Waals surface area contributed by atoms with Gasteiger partial charge >= 0.3 is 6.03 Å². The first-order valence-corrected chi connectivity index (χ1v) is 15.0. The molecule has 0 aliphatic carbocycles. The van der Waals surface area contributed by atoms with Crippen molar-refractivity contribution in [3.05, 3.63) is 11.6 Å². The molecule has 3 amide bonds. The van der Waals surface area contributed by atoms with Crippen molar-refractivity contribution < 1.29 is 19.1 Å². The van der Waals surface area contributed by atoms with Gasteiger partial charge in [-0.05, 0) is 58.5 Å². The molecule has 5 saturated heterocycles. The van der Waals surface area contributed by atoms with E-state index < -0.39 is 12.0 Å². The molecule has 13 heteroatoms. The van der Waals surface area contributed by atoms with Crippen LogP contribution in [-0.2, 0) is 14.3 Å². The number of fused-ring (bicyclic) bond motifs is 1. The fourth-order valence-corrected chi connectivity index (χ4v) is 6.78. The molecule has 6 rings (SSSR count). The number of piperazine rings is 1. The highest BCUT2D eigenvalue weighted by Crippen LogP contribution is 2.32. The van der Waals surface area contributed by atoms with Crippen LogP contribution in [0.2, 0.25) is 0 Å². The maximum Gasteiger partial charge on any atom is 0.317 e. The number of carbonyl (C=O) groups excluding carboxylic acids is 3. The molecule has 218 valence electrons. The van der Waals surface area contributed by atoms with Crippen molar-refractivity contribution in [1.29, 1.82) is 0 Å². The smallest absolute Gasteiger partial charge is 0.317 e. The van der Waals surface area contributed by atoms with Gasteiger partial charge in [0.05, 0.1) is 18.0 Å². The van der Waals surface area contributed by atoms with Gasteiger partial charge < -0.3 is 35.4 Å². The van der Waals surface area contributed by atoms with E-state index in [1.54, 1.807) is 16.7 Å². The molecule has 0 bridgehead atoms. The molecule has 0 saturated carbocycles. The number of anilines is 1. The third-order valence-corrected chi connectivity index (χ3v) is 8.95. The largest absolute Gasteiger partial charge is 0.361 e. The number of hydrogen-bond acceptors (Lipinski definition) is 10. The number of urea groups is 1. The molecule has 1 aromatic heterocycles. The summed E-state index contributed by atoms with van der Waals surface area (Å²) in [5, 5.41) is 10.00. The Hall–Kier alpha value is -2.90. The van der Waals surface area contributed by atoms with Crippen molar-refractivity contribution >= 4 is 23.7 Å². The first-order valence-electron chi connectivity index (χ1n) is 15.0. The predicted octanol–water partition coefficient (Wildman–Crippen LogP) is 0.147. The monoisotopic (exact) mass is 555 g/mol. The molecule has 3 N–H and O–H groups in total. The summed E-state index contributed by atoms with van der Waals surface area (Å²) < 4.78 is 5.51. The topological polar surface area (TPSA) is 145 Å². The average molecular weight is 556 g/mol. The Bertz CT molecular complexity index is 1070. The van der Waals surface area contributed by atoms with E-state index in [0.717, 1.165) is 63.3 Å². The summed E-state index contributed by atoms with van der Waals surface area (Å²) in [4.78, 5) is 59.2. The van der Waals surface area contributed by atoms with Crippen LogP contribution < -0.4 is 20.9 Å². The number of hydrogen-bond donors (Lipinski definition) is 3. The molecule has 5 aliphatic heterocycles. The number of piperidine rings is 1. The van der Waals surface area contributed by atoms with Crippen molar-refractivity contribution in [2.45, 2.75) is 69.7 Å². The summed E-state index contributed by atoms with van der Waals surface area (Å²) >= 11 is 0. The van der Waals surface area contributed by atoms with Gasteiger partial charge in [-0.3, -0.25) is 9.59 Å². The zero-order chi connectivity index (χ0) is 27.6. The summed E-state index contributed by atoms with van der Waals surface area (Å²) in [6.07, 6.45) is 4.86. The fraction of sp³-hybridized carbons (Fsp3) is 0.778. The summed E-state index contributed by atoms with van der Waals surface area (Å²) in [6, 6.07) is -0.0382. The van der Waals surface area contributed by atoms with Crippen LogP contribution in [0.15, 0.2) is 0 Å². The lowest BCUT2D eigenvalue weighted by atomic mass is 9.86. The highest BCUT2D eigenvalue weighted by molar-refractivity contribution is 6.08. The first kappa shape index (κ1) is 27.3. The Balaban J connectivity index is 1.08. The van der Waals surface area contributed by atoms with Gasteiger partial charge in [-0.25, -0.2) is 9.78 Å². The second kappa shape index (κ2) is 11.9. The van der Waals surface area contributed by atoms with Crippen LogP contribution in [0.3, 0.4) is 0 Å². The van der Waals surface area contributed by atoms with Gasteiger partial charge in [0.2, 0.25) is 5.95 Å². The average Bonchev–Trinajstić information content (AvgIpc) is 3.78. The number of carbonyl (C=O) groups is 3. The van der Waals surface area contributed by atoms with Crippen LogP contribution in [0.5, 0.6) is 0 Å². The molecule has 0 spiro atoms. The van der Waals surface area contributed by atoms with Gasteiger partial charge in [0.1, 0.15) is 0 Å². The molecule has 0 aromatic carbocycles. The van der Waals surface area contributed by atoms with Crippen molar-refractivity contribution in [2.75, 3.05) is 63.9 Å². The highest BCUT2D eigenvalue weighted by Gasteiger charge is 2.50. The third-order valence-electron chi connectivity index (χ3n) is 8.95. The lowest BCUT2D eigenvalue weighted by Gasteiger charge is -2.39. The van der Waals surface area contributed by atoms with Gasteiger partial charge in [-0.15, -0.1) is 0 Å². The number of nitrogens with zero attached hydrogens (tertiary/aromatic N) is 6. The maximum atomic E-state index is 13.1. The Kier molecular flexibility index (Phi) is 8.12. The number of rotatable bonds is 7. The van der Waals surface area contributed by atoms with E-state index in [1.165, 1.54) is 0 Å². The molecule has 5 aliphatic rings. The Morgan fingerprint density at radius 3 is 2.20 bits per heavy atom. The quantitative estimate of drug-likeness (QED) is 0.398. The Labute approximate surface area is 234 Å². The zero-order valence-electron chi connectivity index (χ0n) is 23.3. The second-order valence-corrected chi connectivity index (χ2v) is 11.4. The van der Waals surface area contributed by atoms with Gasteiger partial charge in [0, 0.05) is 51.9 Å². The van der Waals surface area contributed by atoms with Crippen molar-refractivity contribution in [2.24, 2.45) is 5.92 Å². The summed E-state index contributed by atoms with van der Waals surface area (Å²) in [5.74, 6) is 1.42. The van der Waals surface area contributed by atoms with Crippen molar-refractivity contribution in [3.63, 3.8) is 0 Å². The van der Waals surface area contributed by atoms with Gasteiger partial charge in [0.15, 0.2) is 23.5 Å². The van der Waals surface area contributed by atoms with E-state index in [1.807, 2.05) is 0 Å². The molecule has 13 nitrogen and oxygen atoms in total. The molecule has 5 unspecified atom stereocenters. The Morgan fingerprint density at radius 1 is 0.925 bits per heavy atom. The number of ketones is 1. The third kappa shape index (κ3) is 5.38. The molecule has 6 heterocycles. The second-order valence-electron chi connectivity index (χ2n) is 11.4. The van der Waals surface area contributed by atoms with E-state index in [4.69, 9.17) is 19.7 Å². The SMILES string of the molecule is CCOC1C(=O)C(CNC(=O)N2CCN(c3nc(C4CCCN4)nc(C4CCCN4)n3)CC2)C2CCCN2C1=O. The van der Waals surface area contributed by atoms with E-state index in [2.05, 4.69) is 20.9 Å². The van der Waals surface area contributed by atoms with Crippen molar-refractivity contribution in [1.82, 2.24) is 40.7 Å². The number of amides is 3. The lowest BCUT2D eigenvalue weighted by molar-refractivity contribution is -0.161. The fourth-order valence-electron chi connectivity index (χ4n) is 6.78. The summed E-state index contributed by atoms with van der Waals surface area (Å²) in [7, 11) is 0. The van der Waals surface area contributed by atoms with Crippen LogP contribution >= 0.6 is 0 Å². The number of nitrogens with one attached hydrogen (secondary N) is 3. The highest BCUT2D eigenvalue weighted by atomic mass is 16.5. The van der Waals surface area contributed by atoms with E-state index in [0.29, 0.717) is 45.3 Å². The Morgan fingerprint density at radius 2 is 1.60 bits per heavy atom. The van der Waals surface area contributed by atoms with Gasteiger partial charge in [-0.1, -0.05) is 0 Å². The van der Waals surface area contributed by atoms with E-state index in [9.17, 15) is 14.4 Å². The van der Waals surface area contributed by atoms with Gasteiger partial charge in [0.25, 0.3) is 5.91 Å². The first-order chi connectivity index (χ1) is 19.5. The molecule has 5 fully saturated rings. The molecular weight excluding hydrogens is 514 g/mol. The summed E-state index contributed by atoms with van der Waals surface area (Å²) in [5.41, 5.74) is 0. The summed E-state index contributed by atoms with van der Waals surface area (Å²) in [6.45, 7) is 7.16. The minimum absolute atomic E-state index is 0.157. The normalized spacial score (nSPS) is 30.7. The minimum atomic E-state index is -1.06. The maximum absolute atomic E-state index is 13.1. The van der Waals surface area contributed by atoms with Crippen LogP contribution in [-0.4, -0.2) is 114 Å². The van der Waals surface area contributed by atoms with Crippen LogP contribution in [0.25, 0.3) is 0 Å². The molecule has 5 atom stereocenters. The molecule has 0 radical (unpaired) electrons. The van der Waals surface area contributed by atoms with Crippen LogP contribution in [0, 0.1) is 5.92 Å². The lowest BCUT2D eigenvalue weighted by Crippen LogP contribution is -2.61. The van der Waals surface area contributed by atoms with Crippen LogP contribution in [0.4, 0.5) is 10.7 Å². The number of ether oxygens (including phenoxy) is 1. The zero-order valence-corrected chi connectivity index (χ0v) is 23.3. The molecule has 1 aromatic rings. The number of Topliss-reactive ketones (excluding diaryl/α,β-unsaturated/α-hetero) is 1. The molecular formula is C27H41N9O4. The standard InChI is InChI=1S/C27H41N9O4/c1-2-40-22-21(37)17(20-8-5-11-36(20)25(22)38)16-30-27(39)35-14-12-34(13-15-35)26-32-23(18-6-3-9-28-18)31-24(33-26)19-7-4-10-29-19/h17-20,22,28-29H,2-16H2,1H3,(H,30,39). The minimum Gasteiger partial charge on any atom is -0.361 e.